The standard InChI is InChI=1S/C19H28N6O3S/c1-20-19-23-22-15(29-19)10-16(26)25-9-3-5-14(25)12-4-2-8-24(11-12)18(28)13-6-7-21-17(13)27/h12-14H,2-11H2,1H3,(H,20,23)(H,21,27). The number of hydrogen-bond donors (Lipinski definition) is 2. The first-order valence-electron chi connectivity index (χ1n) is 10.4. The van der Waals surface area contributed by atoms with E-state index in [4.69, 9.17) is 0 Å². The lowest BCUT2D eigenvalue weighted by Crippen LogP contribution is -2.50. The Balaban J connectivity index is 1.39. The summed E-state index contributed by atoms with van der Waals surface area (Å²) in [5, 5.41) is 15.2. The third kappa shape index (κ3) is 4.22. The Hall–Kier alpha value is -2.23. The Morgan fingerprint density at radius 3 is 2.76 bits per heavy atom. The first kappa shape index (κ1) is 20.1. The van der Waals surface area contributed by atoms with Gasteiger partial charge in [0.15, 0.2) is 0 Å². The van der Waals surface area contributed by atoms with Crippen LogP contribution in [0.1, 0.15) is 37.1 Å². The molecule has 0 bridgehead atoms. The minimum atomic E-state index is -0.533. The Morgan fingerprint density at radius 1 is 1.21 bits per heavy atom. The number of likely N-dealkylation sites (tertiary alicyclic amines) is 2. The highest BCUT2D eigenvalue weighted by Crippen LogP contribution is 2.32. The maximum atomic E-state index is 12.9. The number of nitrogens with one attached hydrogen (secondary N) is 2. The molecule has 3 amide bonds. The average Bonchev–Trinajstić information content (AvgIpc) is 3.48. The van der Waals surface area contributed by atoms with E-state index in [0.29, 0.717) is 31.2 Å². The van der Waals surface area contributed by atoms with Crippen molar-refractivity contribution in [2.75, 3.05) is 38.5 Å². The Bertz CT molecular complexity index is 784. The highest BCUT2D eigenvalue weighted by atomic mass is 32.1. The lowest BCUT2D eigenvalue weighted by atomic mass is 9.88. The van der Waals surface area contributed by atoms with Crippen LogP contribution < -0.4 is 10.6 Å². The maximum Gasteiger partial charge on any atom is 0.235 e. The quantitative estimate of drug-likeness (QED) is 0.672. The monoisotopic (exact) mass is 420 g/mol. The highest BCUT2D eigenvalue weighted by Gasteiger charge is 2.40. The summed E-state index contributed by atoms with van der Waals surface area (Å²) in [6, 6.07) is 0.159. The van der Waals surface area contributed by atoms with Crippen molar-refractivity contribution in [2.45, 2.75) is 44.6 Å². The molecular weight excluding hydrogens is 392 g/mol. The number of piperidine rings is 1. The van der Waals surface area contributed by atoms with Crippen LogP contribution in [0.3, 0.4) is 0 Å². The SMILES string of the molecule is CNc1nnc(CC(=O)N2CCCC2C2CCCN(C(=O)C3CCNC3=O)C2)s1. The topological polar surface area (TPSA) is 108 Å². The van der Waals surface area contributed by atoms with Crippen molar-refractivity contribution < 1.29 is 14.4 Å². The van der Waals surface area contributed by atoms with Crippen molar-refractivity contribution in [3.8, 4) is 0 Å². The molecule has 9 nitrogen and oxygen atoms in total. The van der Waals surface area contributed by atoms with Gasteiger partial charge in [0.1, 0.15) is 10.9 Å². The van der Waals surface area contributed by atoms with Gasteiger partial charge in [-0.2, -0.15) is 0 Å². The zero-order valence-electron chi connectivity index (χ0n) is 16.7. The molecular formula is C19H28N6O3S. The van der Waals surface area contributed by atoms with Crippen LogP contribution in [0.2, 0.25) is 0 Å². The molecule has 4 rings (SSSR count). The van der Waals surface area contributed by atoms with Crippen LogP contribution in [-0.2, 0) is 20.8 Å². The molecule has 0 aromatic carbocycles. The van der Waals surface area contributed by atoms with Crippen molar-refractivity contribution >= 4 is 34.2 Å². The summed E-state index contributed by atoms with van der Waals surface area (Å²) < 4.78 is 0. The van der Waals surface area contributed by atoms with Gasteiger partial charge in [0.2, 0.25) is 22.9 Å². The summed E-state index contributed by atoms with van der Waals surface area (Å²) in [5.74, 6) is -0.369. The first-order valence-corrected chi connectivity index (χ1v) is 11.2. The number of aromatic nitrogens is 2. The molecule has 10 heteroatoms. The molecule has 0 saturated carbocycles. The molecule has 0 aliphatic carbocycles. The number of carbonyl (C=O) groups excluding carboxylic acids is 3. The molecule has 29 heavy (non-hydrogen) atoms. The van der Waals surface area contributed by atoms with Crippen LogP contribution in [0.5, 0.6) is 0 Å². The fraction of sp³-hybridized carbons (Fsp3) is 0.737. The minimum absolute atomic E-state index is 0.0472. The largest absolute Gasteiger partial charge is 0.363 e. The summed E-state index contributed by atoms with van der Waals surface area (Å²) in [6.07, 6.45) is 4.75. The number of nitrogens with zero attached hydrogens (tertiary/aromatic N) is 4. The third-order valence-electron chi connectivity index (χ3n) is 6.26. The van der Waals surface area contributed by atoms with Gasteiger partial charge in [-0.1, -0.05) is 11.3 Å². The van der Waals surface area contributed by atoms with Crippen molar-refractivity contribution in [1.29, 1.82) is 0 Å². The van der Waals surface area contributed by atoms with E-state index in [1.165, 1.54) is 11.3 Å². The maximum absolute atomic E-state index is 12.9. The highest BCUT2D eigenvalue weighted by molar-refractivity contribution is 7.15. The van der Waals surface area contributed by atoms with Gasteiger partial charge in [0.05, 0.1) is 6.42 Å². The number of amides is 3. The van der Waals surface area contributed by atoms with Gasteiger partial charge in [-0.25, -0.2) is 0 Å². The average molecular weight is 421 g/mol. The summed E-state index contributed by atoms with van der Waals surface area (Å²) >= 11 is 1.40. The van der Waals surface area contributed by atoms with Crippen molar-refractivity contribution in [2.24, 2.45) is 11.8 Å². The van der Waals surface area contributed by atoms with Crippen molar-refractivity contribution in [3.05, 3.63) is 5.01 Å². The molecule has 3 atom stereocenters. The first-order chi connectivity index (χ1) is 14.1. The molecule has 3 saturated heterocycles. The summed E-state index contributed by atoms with van der Waals surface area (Å²) in [7, 11) is 1.79. The van der Waals surface area contributed by atoms with Gasteiger partial charge in [-0.3, -0.25) is 14.4 Å². The molecule has 158 valence electrons. The van der Waals surface area contributed by atoms with Crippen LogP contribution in [0, 0.1) is 11.8 Å². The van der Waals surface area contributed by atoms with Crippen LogP contribution in [0.15, 0.2) is 0 Å². The number of anilines is 1. The van der Waals surface area contributed by atoms with E-state index in [1.54, 1.807) is 7.05 Å². The zero-order valence-corrected chi connectivity index (χ0v) is 17.5. The second-order valence-corrected chi connectivity index (χ2v) is 9.11. The van der Waals surface area contributed by atoms with E-state index < -0.39 is 5.92 Å². The smallest absolute Gasteiger partial charge is 0.235 e. The molecule has 3 unspecified atom stereocenters. The molecule has 2 N–H and O–H groups in total. The minimum Gasteiger partial charge on any atom is -0.363 e. The van der Waals surface area contributed by atoms with Crippen molar-refractivity contribution in [1.82, 2.24) is 25.3 Å². The van der Waals surface area contributed by atoms with Crippen LogP contribution in [0.4, 0.5) is 5.13 Å². The summed E-state index contributed by atoms with van der Waals surface area (Å²) in [6.45, 7) is 2.69. The predicted molar refractivity (Wildman–Crippen MR) is 108 cm³/mol. The molecule has 3 aliphatic rings. The molecule has 3 aliphatic heterocycles. The van der Waals surface area contributed by atoms with Gasteiger partial charge in [0, 0.05) is 39.3 Å². The zero-order chi connectivity index (χ0) is 20.4. The normalized spacial score (nSPS) is 27.2. The predicted octanol–water partition coefficient (Wildman–Crippen LogP) is 0.488. The Morgan fingerprint density at radius 2 is 2.03 bits per heavy atom. The fourth-order valence-corrected chi connectivity index (χ4v) is 5.51. The lowest BCUT2D eigenvalue weighted by molar-refractivity contribution is -0.142. The molecule has 3 fully saturated rings. The Labute approximate surface area is 174 Å². The number of hydrogen-bond acceptors (Lipinski definition) is 7. The van der Waals surface area contributed by atoms with Gasteiger partial charge in [-0.15, -0.1) is 10.2 Å². The van der Waals surface area contributed by atoms with E-state index in [9.17, 15) is 14.4 Å². The van der Waals surface area contributed by atoms with Crippen LogP contribution >= 0.6 is 11.3 Å². The molecule has 0 radical (unpaired) electrons. The molecule has 1 aromatic heterocycles. The Kier molecular flexibility index (Phi) is 5.98. The summed E-state index contributed by atoms with van der Waals surface area (Å²) in [5.41, 5.74) is 0. The van der Waals surface area contributed by atoms with E-state index >= 15 is 0 Å². The summed E-state index contributed by atoms with van der Waals surface area (Å²) in [4.78, 5) is 41.5. The van der Waals surface area contributed by atoms with Gasteiger partial charge < -0.3 is 20.4 Å². The number of carbonyl (C=O) groups is 3. The van der Waals surface area contributed by atoms with Crippen molar-refractivity contribution in [3.63, 3.8) is 0 Å². The second kappa shape index (κ2) is 8.64. The van der Waals surface area contributed by atoms with E-state index in [1.807, 2.05) is 9.80 Å². The van der Waals surface area contributed by atoms with Gasteiger partial charge in [-0.05, 0) is 38.0 Å². The fourth-order valence-electron chi connectivity index (χ4n) is 4.82. The van der Waals surface area contributed by atoms with Crippen LogP contribution in [-0.4, -0.2) is 77.0 Å². The molecule has 1 aromatic rings. The van der Waals surface area contributed by atoms with Gasteiger partial charge >= 0.3 is 0 Å². The lowest BCUT2D eigenvalue weighted by Gasteiger charge is -2.39. The van der Waals surface area contributed by atoms with Gasteiger partial charge in [0.25, 0.3) is 0 Å². The van der Waals surface area contributed by atoms with E-state index in [2.05, 4.69) is 20.8 Å². The second-order valence-electron chi connectivity index (χ2n) is 8.04. The van der Waals surface area contributed by atoms with Crippen LogP contribution in [0.25, 0.3) is 0 Å². The van der Waals surface area contributed by atoms with E-state index in [0.717, 1.165) is 37.2 Å². The van der Waals surface area contributed by atoms with E-state index in [-0.39, 0.29) is 36.1 Å². The molecule has 4 heterocycles. The molecule has 0 spiro atoms. The number of rotatable bonds is 5. The third-order valence-corrected chi connectivity index (χ3v) is 7.20.